The number of thiazole rings is 1. The van der Waals surface area contributed by atoms with Crippen molar-refractivity contribution >= 4 is 23.7 Å². The zero-order valence-corrected chi connectivity index (χ0v) is 21.2. The minimum atomic E-state index is -4.28. The molecule has 0 amide bonds. The Morgan fingerprint density at radius 3 is 2.50 bits per heavy atom. The monoisotopic (exact) mass is 511 g/mol. The van der Waals surface area contributed by atoms with Gasteiger partial charge in [-0.2, -0.15) is 13.2 Å². The molecule has 0 unspecified atom stereocenters. The number of aromatic nitrogens is 4. The average Bonchev–Trinajstić information content (AvgIpc) is 3.00. The van der Waals surface area contributed by atoms with E-state index in [1.165, 1.54) is 12.1 Å². The van der Waals surface area contributed by atoms with Gasteiger partial charge >= 0.3 is 6.18 Å². The van der Waals surface area contributed by atoms with Crippen molar-refractivity contribution in [2.75, 3.05) is 19.6 Å². The molecule has 1 aliphatic carbocycles. The molecule has 184 valence electrons. The van der Waals surface area contributed by atoms with E-state index in [9.17, 15) is 13.2 Å². The van der Waals surface area contributed by atoms with Gasteiger partial charge in [-0.25, -0.2) is 4.98 Å². The molecule has 2 fully saturated rings. The van der Waals surface area contributed by atoms with Crippen molar-refractivity contribution in [2.45, 2.75) is 51.1 Å². The smallest absolute Gasteiger partial charge is 0.313 e. The molecule has 0 N–H and O–H groups in total. The van der Waals surface area contributed by atoms with Crippen LogP contribution in [0.3, 0.4) is 0 Å². The largest absolute Gasteiger partial charge is 0.416 e. The number of likely N-dealkylation sites (tertiary alicyclic amines) is 1. The molecule has 3 heterocycles. The maximum absolute atomic E-state index is 12.9. The first-order valence-corrected chi connectivity index (χ1v) is 12.2. The zero-order chi connectivity index (χ0) is 23.4. The number of aryl methyl sites for hydroxylation is 3. The van der Waals surface area contributed by atoms with E-state index in [1.54, 1.807) is 23.5 Å². The number of fused-ring (bicyclic) bond motifs is 1. The second-order valence-corrected chi connectivity index (χ2v) is 10.7. The van der Waals surface area contributed by atoms with Gasteiger partial charge in [0.05, 0.1) is 21.1 Å². The molecular weight excluding hydrogens is 483 g/mol. The third-order valence-corrected chi connectivity index (χ3v) is 8.27. The van der Waals surface area contributed by atoms with Gasteiger partial charge in [0, 0.05) is 32.0 Å². The maximum Gasteiger partial charge on any atom is 0.416 e. The van der Waals surface area contributed by atoms with E-state index < -0.39 is 11.7 Å². The molecule has 0 radical (unpaired) electrons. The second-order valence-electron chi connectivity index (χ2n) is 9.47. The summed E-state index contributed by atoms with van der Waals surface area (Å²) in [5.74, 6) is 2.44. The predicted molar refractivity (Wildman–Crippen MR) is 129 cm³/mol. The Hall–Kier alpha value is -1.97. The highest BCUT2D eigenvalue weighted by molar-refractivity contribution is 7.15. The molecule has 2 aliphatic rings. The topological polar surface area (TPSA) is 46.8 Å². The predicted octanol–water partition coefficient (Wildman–Crippen LogP) is 5.59. The summed E-state index contributed by atoms with van der Waals surface area (Å²) >= 11 is 1.65. The number of rotatable bonds is 7. The van der Waals surface area contributed by atoms with Crippen LogP contribution in [-0.4, -0.2) is 44.3 Å². The summed E-state index contributed by atoms with van der Waals surface area (Å²) in [5, 5.41) is 9.83. The molecule has 34 heavy (non-hydrogen) atoms. The summed E-state index contributed by atoms with van der Waals surface area (Å²) in [6.07, 6.45) is -0.213. The number of hydrogen-bond donors (Lipinski definition) is 0. The maximum atomic E-state index is 12.9. The lowest BCUT2D eigenvalue weighted by Crippen LogP contribution is -2.27. The van der Waals surface area contributed by atoms with Crippen LogP contribution in [-0.2, 0) is 25.1 Å². The van der Waals surface area contributed by atoms with Gasteiger partial charge in [-0.15, -0.1) is 33.9 Å². The third kappa shape index (κ3) is 4.62. The van der Waals surface area contributed by atoms with Crippen LogP contribution in [0.25, 0.3) is 10.7 Å². The van der Waals surface area contributed by atoms with Crippen LogP contribution in [0, 0.1) is 19.8 Å². The van der Waals surface area contributed by atoms with Gasteiger partial charge in [-0.3, -0.25) is 0 Å². The number of alkyl halides is 3. The highest BCUT2D eigenvalue weighted by Gasteiger charge is 2.60. The van der Waals surface area contributed by atoms with Gasteiger partial charge in [0.25, 0.3) is 0 Å². The van der Waals surface area contributed by atoms with Crippen molar-refractivity contribution in [3.8, 4) is 10.7 Å². The first-order valence-electron chi connectivity index (χ1n) is 11.4. The SMILES string of the molecule is Cc1nc(C)c(-c2nnc(CCCCN3C[C@@H]4C[C@]4(c4ccc(C(F)(F)F)cc4)C3)n2C)s1.Cl. The molecule has 5 rings (SSSR count). The Balaban J connectivity index is 0.00000274. The summed E-state index contributed by atoms with van der Waals surface area (Å²) in [4.78, 5) is 8.04. The zero-order valence-electron chi connectivity index (χ0n) is 19.5. The van der Waals surface area contributed by atoms with Crippen LogP contribution in [0.4, 0.5) is 13.2 Å². The van der Waals surface area contributed by atoms with Gasteiger partial charge < -0.3 is 9.47 Å². The summed E-state index contributed by atoms with van der Waals surface area (Å²) < 4.78 is 40.7. The Labute approximate surface area is 207 Å². The molecule has 2 atom stereocenters. The molecule has 1 saturated carbocycles. The van der Waals surface area contributed by atoms with Gasteiger partial charge in [0.15, 0.2) is 5.82 Å². The van der Waals surface area contributed by atoms with E-state index in [0.29, 0.717) is 5.92 Å². The van der Waals surface area contributed by atoms with Crippen molar-refractivity contribution in [3.63, 3.8) is 0 Å². The highest BCUT2D eigenvalue weighted by atomic mass is 35.5. The molecule has 1 aliphatic heterocycles. The standard InChI is InChI=1S/C24H28F3N5S.ClH/c1-15-21(33-16(2)28-15)22-30-29-20(31(22)3)6-4-5-11-32-13-19-12-23(19,14-32)17-7-9-18(10-8-17)24(25,26)27;/h7-10,19H,4-6,11-14H2,1-3H3;1H/t19-,23+;/m0./s1. The van der Waals surface area contributed by atoms with E-state index >= 15 is 0 Å². The molecular formula is C24H29ClF3N5S. The molecule has 0 spiro atoms. The molecule has 2 aromatic heterocycles. The van der Waals surface area contributed by atoms with Crippen LogP contribution in [0.15, 0.2) is 24.3 Å². The fourth-order valence-electron chi connectivity index (χ4n) is 5.33. The fraction of sp³-hybridized carbons (Fsp3) is 0.542. The van der Waals surface area contributed by atoms with E-state index in [2.05, 4.69) is 24.6 Å². The molecule has 10 heteroatoms. The Morgan fingerprint density at radius 1 is 1.12 bits per heavy atom. The molecule has 3 aromatic rings. The lowest BCUT2D eigenvalue weighted by atomic mass is 9.94. The lowest BCUT2D eigenvalue weighted by Gasteiger charge is -2.21. The van der Waals surface area contributed by atoms with Gasteiger partial charge in [0.2, 0.25) is 0 Å². The quantitative estimate of drug-likeness (QED) is 0.388. The number of halogens is 4. The molecule has 0 bridgehead atoms. The lowest BCUT2D eigenvalue weighted by molar-refractivity contribution is -0.137. The Bertz CT molecular complexity index is 1160. The van der Waals surface area contributed by atoms with E-state index in [4.69, 9.17) is 0 Å². The number of piperidine rings is 1. The van der Waals surface area contributed by atoms with Crippen LogP contribution in [0.2, 0.25) is 0 Å². The third-order valence-electron chi connectivity index (χ3n) is 7.20. The minimum Gasteiger partial charge on any atom is -0.313 e. The average molecular weight is 512 g/mol. The van der Waals surface area contributed by atoms with Gasteiger partial charge in [-0.1, -0.05) is 12.1 Å². The van der Waals surface area contributed by atoms with Gasteiger partial charge in [0.1, 0.15) is 5.82 Å². The molecule has 5 nitrogen and oxygen atoms in total. The molecule has 1 saturated heterocycles. The second kappa shape index (κ2) is 9.24. The molecule has 1 aromatic carbocycles. The van der Waals surface area contributed by atoms with Crippen LogP contribution < -0.4 is 0 Å². The van der Waals surface area contributed by atoms with E-state index in [-0.39, 0.29) is 17.8 Å². The van der Waals surface area contributed by atoms with E-state index in [0.717, 1.165) is 78.1 Å². The number of unbranched alkanes of at least 4 members (excludes halogenated alkanes) is 1. The summed E-state index contributed by atoms with van der Waals surface area (Å²) in [7, 11) is 2.01. The summed E-state index contributed by atoms with van der Waals surface area (Å²) in [6.45, 7) is 7.00. The van der Waals surface area contributed by atoms with Crippen molar-refractivity contribution in [1.82, 2.24) is 24.6 Å². The first kappa shape index (κ1) is 25.1. The van der Waals surface area contributed by atoms with Crippen LogP contribution in [0.1, 0.15) is 46.9 Å². The summed E-state index contributed by atoms with van der Waals surface area (Å²) in [6, 6.07) is 5.83. The first-order chi connectivity index (χ1) is 15.7. The van der Waals surface area contributed by atoms with Crippen LogP contribution >= 0.6 is 23.7 Å². The van der Waals surface area contributed by atoms with Crippen molar-refractivity contribution in [3.05, 3.63) is 51.9 Å². The van der Waals surface area contributed by atoms with E-state index in [1.807, 2.05) is 20.9 Å². The fourth-order valence-corrected chi connectivity index (χ4v) is 6.27. The highest BCUT2D eigenvalue weighted by Crippen LogP contribution is 2.59. The summed E-state index contributed by atoms with van der Waals surface area (Å²) in [5.41, 5.74) is 1.55. The normalized spacial score (nSPS) is 22.0. The number of hydrogen-bond acceptors (Lipinski definition) is 5. The number of benzene rings is 1. The Morgan fingerprint density at radius 2 is 1.85 bits per heavy atom. The number of nitrogens with zero attached hydrogens (tertiary/aromatic N) is 5. The van der Waals surface area contributed by atoms with Crippen molar-refractivity contribution in [1.29, 1.82) is 0 Å². The van der Waals surface area contributed by atoms with Crippen molar-refractivity contribution in [2.24, 2.45) is 13.0 Å². The van der Waals surface area contributed by atoms with Crippen LogP contribution in [0.5, 0.6) is 0 Å². The Kier molecular flexibility index (Phi) is 6.83. The van der Waals surface area contributed by atoms with Crippen molar-refractivity contribution < 1.29 is 13.2 Å². The minimum absolute atomic E-state index is 0. The van der Waals surface area contributed by atoms with Gasteiger partial charge in [-0.05, 0) is 63.3 Å².